The predicted octanol–water partition coefficient (Wildman–Crippen LogP) is 3.36. The van der Waals surface area contributed by atoms with E-state index < -0.39 is 0 Å². The highest BCUT2D eigenvalue weighted by Gasteiger charge is 2.11. The van der Waals surface area contributed by atoms with Gasteiger partial charge in [0, 0.05) is 10.7 Å². The molecule has 2 aromatic rings. The van der Waals surface area contributed by atoms with Gasteiger partial charge < -0.3 is 15.7 Å². The smallest absolute Gasteiger partial charge is 0.171 e. The molecule has 0 radical (unpaired) electrons. The van der Waals surface area contributed by atoms with Crippen LogP contribution in [-0.4, -0.2) is 16.8 Å². The fourth-order valence-electron chi connectivity index (χ4n) is 1.78. The molecule has 1 atom stereocenters. The summed E-state index contributed by atoms with van der Waals surface area (Å²) in [5, 5.41) is 16.7. The molecule has 2 rings (SSSR count). The molecule has 0 aromatic heterocycles. The van der Waals surface area contributed by atoms with E-state index in [1.165, 1.54) is 0 Å². The Balaban J connectivity index is 1.97. The van der Waals surface area contributed by atoms with Crippen LogP contribution < -0.4 is 10.6 Å². The normalized spacial score (nSPS) is 11.7. The van der Waals surface area contributed by atoms with Crippen molar-refractivity contribution in [1.29, 1.82) is 0 Å². The molecular weight excluding hydrogens is 292 g/mol. The molecule has 0 aliphatic heterocycles. The fourth-order valence-corrected chi connectivity index (χ4v) is 2.16. The van der Waals surface area contributed by atoms with Crippen molar-refractivity contribution in [2.24, 2.45) is 0 Å². The quantitative estimate of drug-likeness (QED) is 0.758. The number of hydrogen-bond acceptors (Lipinski definition) is 2. The van der Waals surface area contributed by atoms with E-state index in [-0.39, 0.29) is 12.6 Å². The second kappa shape index (κ2) is 7.24. The van der Waals surface area contributed by atoms with Gasteiger partial charge in [-0.3, -0.25) is 0 Å². The number of aliphatic hydroxyl groups excluding tert-OH is 1. The first kappa shape index (κ1) is 14.8. The standard InChI is InChI=1S/C15H15ClN2OS/c16-12-6-8-13(9-7-12)17-15(20)18-14(10-19)11-4-2-1-3-5-11/h1-9,14,19H,10H2,(H2,17,18,20)/t14-/m1/s1. The van der Waals surface area contributed by atoms with E-state index in [4.69, 9.17) is 23.8 Å². The molecule has 0 aliphatic rings. The molecule has 0 unspecified atom stereocenters. The number of thiocarbonyl (C=S) groups is 1. The molecule has 0 fully saturated rings. The van der Waals surface area contributed by atoms with Gasteiger partial charge in [-0.1, -0.05) is 41.9 Å². The second-order valence-electron chi connectivity index (χ2n) is 4.25. The molecule has 0 heterocycles. The van der Waals surface area contributed by atoms with Crippen molar-refractivity contribution in [3.05, 3.63) is 65.2 Å². The molecule has 2 aromatic carbocycles. The van der Waals surface area contributed by atoms with Gasteiger partial charge in [-0.15, -0.1) is 0 Å². The summed E-state index contributed by atoms with van der Waals surface area (Å²) in [6.07, 6.45) is 0. The van der Waals surface area contributed by atoms with Gasteiger partial charge >= 0.3 is 0 Å². The van der Waals surface area contributed by atoms with Crippen LogP contribution in [0.2, 0.25) is 5.02 Å². The van der Waals surface area contributed by atoms with Crippen LogP contribution in [-0.2, 0) is 0 Å². The number of nitrogens with one attached hydrogen (secondary N) is 2. The van der Waals surface area contributed by atoms with Gasteiger partial charge in [0.2, 0.25) is 0 Å². The van der Waals surface area contributed by atoms with E-state index in [9.17, 15) is 5.11 Å². The number of rotatable bonds is 4. The average Bonchev–Trinajstić information content (AvgIpc) is 2.48. The highest BCUT2D eigenvalue weighted by Crippen LogP contribution is 2.15. The minimum atomic E-state index is -0.233. The maximum Gasteiger partial charge on any atom is 0.171 e. The topological polar surface area (TPSA) is 44.3 Å². The predicted molar refractivity (Wildman–Crippen MR) is 87.1 cm³/mol. The molecule has 0 saturated carbocycles. The number of halogens is 1. The van der Waals surface area contributed by atoms with Crippen molar-refractivity contribution in [2.75, 3.05) is 11.9 Å². The highest BCUT2D eigenvalue weighted by molar-refractivity contribution is 7.80. The zero-order valence-electron chi connectivity index (χ0n) is 10.7. The van der Waals surface area contributed by atoms with Crippen molar-refractivity contribution < 1.29 is 5.11 Å². The molecule has 5 heteroatoms. The van der Waals surface area contributed by atoms with E-state index in [0.717, 1.165) is 11.3 Å². The zero-order valence-corrected chi connectivity index (χ0v) is 12.3. The highest BCUT2D eigenvalue weighted by atomic mass is 35.5. The van der Waals surface area contributed by atoms with Gasteiger partial charge in [-0.05, 0) is 42.0 Å². The van der Waals surface area contributed by atoms with Crippen molar-refractivity contribution in [3.8, 4) is 0 Å². The number of hydrogen-bond donors (Lipinski definition) is 3. The molecule has 0 bridgehead atoms. The lowest BCUT2D eigenvalue weighted by Crippen LogP contribution is -2.34. The van der Waals surface area contributed by atoms with Crippen molar-refractivity contribution in [2.45, 2.75) is 6.04 Å². The van der Waals surface area contributed by atoms with Crippen LogP contribution in [0.25, 0.3) is 0 Å². The summed E-state index contributed by atoms with van der Waals surface area (Å²) in [4.78, 5) is 0. The van der Waals surface area contributed by atoms with E-state index in [0.29, 0.717) is 10.1 Å². The van der Waals surface area contributed by atoms with Gasteiger partial charge in [0.25, 0.3) is 0 Å². The molecule has 0 saturated heterocycles. The first-order valence-corrected chi connectivity index (χ1v) is 6.96. The molecular formula is C15H15ClN2OS. The van der Waals surface area contributed by atoms with Crippen molar-refractivity contribution in [3.63, 3.8) is 0 Å². The largest absolute Gasteiger partial charge is 0.394 e. The number of aliphatic hydroxyl groups is 1. The maximum absolute atomic E-state index is 9.46. The lowest BCUT2D eigenvalue weighted by atomic mass is 10.1. The third-order valence-electron chi connectivity index (χ3n) is 2.79. The Bertz CT molecular complexity index is 560. The Morgan fingerprint density at radius 1 is 1.10 bits per heavy atom. The fraction of sp³-hybridized carbons (Fsp3) is 0.133. The molecule has 0 spiro atoms. The Morgan fingerprint density at radius 3 is 2.35 bits per heavy atom. The first-order valence-electron chi connectivity index (χ1n) is 6.18. The minimum Gasteiger partial charge on any atom is -0.394 e. The molecule has 0 aliphatic carbocycles. The maximum atomic E-state index is 9.46. The summed E-state index contributed by atoms with van der Waals surface area (Å²) in [7, 11) is 0. The van der Waals surface area contributed by atoms with E-state index in [2.05, 4.69) is 10.6 Å². The summed E-state index contributed by atoms with van der Waals surface area (Å²) in [5.74, 6) is 0. The summed E-state index contributed by atoms with van der Waals surface area (Å²) in [6.45, 7) is -0.0353. The van der Waals surface area contributed by atoms with Crippen molar-refractivity contribution in [1.82, 2.24) is 5.32 Å². The monoisotopic (exact) mass is 306 g/mol. The Labute approximate surface area is 128 Å². The summed E-state index contributed by atoms with van der Waals surface area (Å²) in [6, 6.07) is 16.7. The van der Waals surface area contributed by atoms with Crippen LogP contribution in [0, 0.1) is 0 Å². The zero-order chi connectivity index (χ0) is 14.4. The van der Waals surface area contributed by atoms with Crippen LogP contribution in [0.3, 0.4) is 0 Å². The minimum absolute atomic E-state index is 0.0353. The van der Waals surface area contributed by atoms with Crippen molar-refractivity contribution >= 4 is 34.6 Å². The van der Waals surface area contributed by atoms with Gasteiger partial charge in [0.15, 0.2) is 5.11 Å². The van der Waals surface area contributed by atoms with Crippen LogP contribution in [0.4, 0.5) is 5.69 Å². The van der Waals surface area contributed by atoms with Crippen LogP contribution in [0.15, 0.2) is 54.6 Å². The van der Waals surface area contributed by atoms with Crippen LogP contribution >= 0.6 is 23.8 Å². The average molecular weight is 307 g/mol. The first-order chi connectivity index (χ1) is 9.69. The summed E-state index contributed by atoms with van der Waals surface area (Å²) < 4.78 is 0. The Kier molecular flexibility index (Phi) is 5.35. The second-order valence-corrected chi connectivity index (χ2v) is 5.10. The van der Waals surface area contributed by atoms with Gasteiger partial charge in [0.1, 0.15) is 0 Å². The van der Waals surface area contributed by atoms with E-state index in [1.54, 1.807) is 12.1 Å². The lowest BCUT2D eigenvalue weighted by molar-refractivity contribution is 0.258. The van der Waals surface area contributed by atoms with Gasteiger partial charge in [0.05, 0.1) is 12.6 Å². The number of benzene rings is 2. The van der Waals surface area contributed by atoms with Gasteiger partial charge in [-0.2, -0.15) is 0 Å². The third-order valence-corrected chi connectivity index (χ3v) is 3.26. The van der Waals surface area contributed by atoms with Gasteiger partial charge in [-0.25, -0.2) is 0 Å². The Hall–Kier alpha value is -1.62. The molecule has 104 valence electrons. The third kappa shape index (κ3) is 4.20. The van der Waals surface area contributed by atoms with E-state index >= 15 is 0 Å². The molecule has 3 N–H and O–H groups in total. The van der Waals surface area contributed by atoms with Crippen LogP contribution in [0.1, 0.15) is 11.6 Å². The molecule has 0 amide bonds. The Morgan fingerprint density at radius 2 is 1.75 bits per heavy atom. The van der Waals surface area contributed by atoms with Crippen LogP contribution in [0.5, 0.6) is 0 Å². The lowest BCUT2D eigenvalue weighted by Gasteiger charge is -2.19. The molecule has 3 nitrogen and oxygen atoms in total. The van der Waals surface area contributed by atoms with E-state index in [1.807, 2.05) is 42.5 Å². The summed E-state index contributed by atoms with van der Waals surface area (Å²) >= 11 is 11.1. The molecule has 20 heavy (non-hydrogen) atoms. The number of anilines is 1. The summed E-state index contributed by atoms with van der Waals surface area (Å²) in [5.41, 5.74) is 1.83. The SMILES string of the molecule is OC[C@@H](NC(=S)Nc1ccc(Cl)cc1)c1ccccc1.